The normalized spacial score (nSPS) is 11.9. The summed E-state index contributed by atoms with van der Waals surface area (Å²) in [4.78, 5) is 19.0. The molecule has 2 rings (SSSR count). The van der Waals surface area contributed by atoms with Gasteiger partial charge < -0.3 is 10.2 Å². The molecule has 6 nitrogen and oxygen atoms in total. The second kappa shape index (κ2) is 8.73. The molecule has 0 saturated carbocycles. The van der Waals surface area contributed by atoms with Gasteiger partial charge in [0, 0.05) is 25.0 Å². The van der Waals surface area contributed by atoms with E-state index in [2.05, 4.69) is 29.0 Å². The van der Waals surface area contributed by atoms with Crippen LogP contribution in [0.1, 0.15) is 50.5 Å². The SMILES string of the molecule is CCN(CC)c1ccc(C(=O)Nc2cccc(CS(=O)(=O)C(C)(C)C)c2)cn1. The lowest BCUT2D eigenvalue weighted by molar-refractivity contribution is 0.102. The van der Waals surface area contributed by atoms with Crippen molar-refractivity contribution in [2.45, 2.75) is 45.1 Å². The molecule has 2 aromatic rings. The van der Waals surface area contributed by atoms with Gasteiger partial charge in [0.15, 0.2) is 9.84 Å². The van der Waals surface area contributed by atoms with Crippen molar-refractivity contribution < 1.29 is 13.2 Å². The Kier molecular flexibility index (Phi) is 6.82. The number of carbonyl (C=O) groups excluding carboxylic acids is 1. The van der Waals surface area contributed by atoms with E-state index in [4.69, 9.17) is 0 Å². The quantitative estimate of drug-likeness (QED) is 0.759. The minimum Gasteiger partial charge on any atom is -0.357 e. The molecule has 0 radical (unpaired) electrons. The molecule has 152 valence electrons. The van der Waals surface area contributed by atoms with Crippen LogP contribution in [-0.4, -0.2) is 37.1 Å². The number of pyridine rings is 1. The van der Waals surface area contributed by atoms with Crippen LogP contribution in [0, 0.1) is 0 Å². The van der Waals surface area contributed by atoms with Gasteiger partial charge in [-0.05, 0) is 64.4 Å². The van der Waals surface area contributed by atoms with Crippen LogP contribution in [0.2, 0.25) is 0 Å². The molecular weight excluding hydrogens is 374 g/mol. The molecule has 0 aliphatic carbocycles. The van der Waals surface area contributed by atoms with Crippen molar-refractivity contribution in [3.05, 3.63) is 53.7 Å². The van der Waals surface area contributed by atoms with Gasteiger partial charge in [-0.2, -0.15) is 0 Å². The van der Waals surface area contributed by atoms with Crippen LogP contribution in [0.4, 0.5) is 11.5 Å². The van der Waals surface area contributed by atoms with E-state index in [9.17, 15) is 13.2 Å². The van der Waals surface area contributed by atoms with Crippen LogP contribution in [-0.2, 0) is 15.6 Å². The standard InChI is InChI=1S/C21H29N3O3S/c1-6-24(7-2)19-12-11-17(14-22-19)20(25)23-18-10-8-9-16(13-18)15-28(26,27)21(3,4)5/h8-14H,6-7,15H2,1-5H3,(H,23,25). The third-order valence-electron chi connectivity index (χ3n) is 4.57. The van der Waals surface area contributed by atoms with Gasteiger partial charge in [0.1, 0.15) is 5.82 Å². The first-order valence-corrected chi connectivity index (χ1v) is 11.1. The molecular formula is C21H29N3O3S. The van der Waals surface area contributed by atoms with Crippen molar-refractivity contribution in [3.8, 4) is 0 Å². The summed E-state index contributed by atoms with van der Waals surface area (Å²) in [7, 11) is -3.29. The minimum absolute atomic E-state index is 0.0691. The highest BCUT2D eigenvalue weighted by atomic mass is 32.2. The van der Waals surface area contributed by atoms with Gasteiger partial charge in [0.2, 0.25) is 0 Å². The molecule has 1 heterocycles. The number of anilines is 2. The predicted octanol–water partition coefficient (Wildman–Crippen LogP) is 3.89. The third kappa shape index (κ3) is 5.32. The minimum atomic E-state index is -3.29. The Balaban J connectivity index is 2.12. The molecule has 1 aromatic heterocycles. The molecule has 0 saturated heterocycles. The maximum atomic E-state index is 12.5. The first kappa shape index (κ1) is 21.9. The summed E-state index contributed by atoms with van der Waals surface area (Å²) in [5.41, 5.74) is 1.64. The van der Waals surface area contributed by atoms with E-state index >= 15 is 0 Å². The Morgan fingerprint density at radius 1 is 1.11 bits per heavy atom. The zero-order valence-corrected chi connectivity index (χ0v) is 18.0. The largest absolute Gasteiger partial charge is 0.357 e. The Morgan fingerprint density at radius 3 is 2.32 bits per heavy atom. The molecule has 1 amide bonds. The van der Waals surface area contributed by atoms with Gasteiger partial charge in [-0.25, -0.2) is 13.4 Å². The van der Waals surface area contributed by atoms with Gasteiger partial charge in [-0.1, -0.05) is 12.1 Å². The first-order valence-electron chi connectivity index (χ1n) is 9.41. The van der Waals surface area contributed by atoms with E-state index in [1.807, 2.05) is 6.07 Å². The molecule has 0 atom stereocenters. The van der Waals surface area contributed by atoms with Crippen molar-refractivity contribution in [2.24, 2.45) is 0 Å². The number of sulfone groups is 1. The smallest absolute Gasteiger partial charge is 0.257 e. The fourth-order valence-corrected chi connectivity index (χ4v) is 3.68. The summed E-state index contributed by atoms with van der Waals surface area (Å²) in [5.74, 6) is 0.478. The molecule has 0 spiro atoms. The first-order chi connectivity index (χ1) is 13.1. The molecule has 0 aliphatic heterocycles. The average Bonchev–Trinajstić information content (AvgIpc) is 2.62. The van der Waals surface area contributed by atoms with Crippen molar-refractivity contribution in [1.82, 2.24) is 4.98 Å². The summed E-state index contributed by atoms with van der Waals surface area (Å²) >= 11 is 0. The van der Waals surface area contributed by atoms with E-state index < -0.39 is 14.6 Å². The maximum Gasteiger partial charge on any atom is 0.257 e. The highest BCUT2D eigenvalue weighted by Crippen LogP contribution is 2.22. The Bertz CT molecular complexity index is 913. The predicted molar refractivity (Wildman–Crippen MR) is 115 cm³/mol. The summed E-state index contributed by atoms with van der Waals surface area (Å²) < 4.78 is 24.0. The van der Waals surface area contributed by atoms with E-state index in [1.54, 1.807) is 57.3 Å². The Morgan fingerprint density at radius 2 is 1.79 bits per heavy atom. The van der Waals surface area contributed by atoms with Crippen molar-refractivity contribution in [1.29, 1.82) is 0 Å². The number of hydrogen-bond acceptors (Lipinski definition) is 5. The zero-order valence-electron chi connectivity index (χ0n) is 17.2. The van der Waals surface area contributed by atoms with Gasteiger partial charge in [-0.15, -0.1) is 0 Å². The molecule has 0 fully saturated rings. The molecule has 7 heteroatoms. The number of amides is 1. The molecule has 1 aromatic carbocycles. The second-order valence-electron chi connectivity index (χ2n) is 7.60. The lowest BCUT2D eigenvalue weighted by Gasteiger charge is -2.19. The summed E-state index contributed by atoms with van der Waals surface area (Å²) in [6, 6.07) is 10.5. The summed E-state index contributed by atoms with van der Waals surface area (Å²) in [5, 5.41) is 2.81. The van der Waals surface area contributed by atoms with Crippen LogP contribution in [0.3, 0.4) is 0 Å². The monoisotopic (exact) mass is 403 g/mol. The summed E-state index contributed by atoms with van der Waals surface area (Å²) in [6.07, 6.45) is 1.55. The lowest BCUT2D eigenvalue weighted by Crippen LogP contribution is -2.29. The van der Waals surface area contributed by atoms with Gasteiger partial charge in [0.25, 0.3) is 5.91 Å². The molecule has 1 N–H and O–H groups in total. The number of rotatable bonds is 7. The number of nitrogens with zero attached hydrogens (tertiary/aromatic N) is 2. The van der Waals surface area contributed by atoms with Gasteiger partial charge >= 0.3 is 0 Å². The highest BCUT2D eigenvalue weighted by Gasteiger charge is 2.29. The van der Waals surface area contributed by atoms with Crippen LogP contribution in [0.5, 0.6) is 0 Å². The highest BCUT2D eigenvalue weighted by molar-refractivity contribution is 7.91. The average molecular weight is 404 g/mol. The van der Waals surface area contributed by atoms with E-state index in [0.717, 1.165) is 18.9 Å². The summed E-state index contributed by atoms with van der Waals surface area (Å²) in [6.45, 7) is 10.9. The van der Waals surface area contributed by atoms with Crippen molar-refractivity contribution >= 4 is 27.2 Å². The van der Waals surface area contributed by atoms with Gasteiger partial charge in [-0.3, -0.25) is 4.79 Å². The topological polar surface area (TPSA) is 79.4 Å². The maximum absolute atomic E-state index is 12.5. The fraction of sp³-hybridized carbons (Fsp3) is 0.429. The van der Waals surface area contributed by atoms with Crippen LogP contribution in [0.15, 0.2) is 42.6 Å². The van der Waals surface area contributed by atoms with E-state index in [-0.39, 0.29) is 11.7 Å². The van der Waals surface area contributed by atoms with Crippen molar-refractivity contribution in [2.75, 3.05) is 23.3 Å². The Labute approximate surface area is 167 Å². The molecule has 0 aliphatic rings. The Hall–Kier alpha value is -2.41. The number of benzene rings is 1. The van der Waals surface area contributed by atoms with Crippen LogP contribution >= 0.6 is 0 Å². The van der Waals surface area contributed by atoms with Crippen LogP contribution < -0.4 is 10.2 Å². The number of carbonyl (C=O) groups is 1. The second-order valence-corrected chi connectivity index (χ2v) is 10.3. The zero-order chi connectivity index (χ0) is 20.9. The third-order valence-corrected chi connectivity index (χ3v) is 7.15. The molecule has 0 bridgehead atoms. The fourth-order valence-electron chi connectivity index (χ4n) is 2.63. The van der Waals surface area contributed by atoms with Crippen molar-refractivity contribution in [3.63, 3.8) is 0 Å². The van der Waals surface area contributed by atoms with Crippen LogP contribution in [0.25, 0.3) is 0 Å². The van der Waals surface area contributed by atoms with Gasteiger partial charge in [0.05, 0.1) is 16.1 Å². The molecule has 0 unspecified atom stereocenters. The van der Waals surface area contributed by atoms with E-state index in [1.165, 1.54) is 0 Å². The number of aromatic nitrogens is 1. The molecule has 28 heavy (non-hydrogen) atoms. The lowest BCUT2D eigenvalue weighted by atomic mass is 10.2. The number of nitrogens with one attached hydrogen (secondary N) is 1. The van der Waals surface area contributed by atoms with E-state index in [0.29, 0.717) is 16.8 Å². The number of hydrogen-bond donors (Lipinski definition) is 1.